The molecule has 0 aromatic carbocycles. The lowest BCUT2D eigenvalue weighted by atomic mass is 9.93. The first-order valence-electron chi connectivity index (χ1n) is 9.80. The van der Waals surface area contributed by atoms with E-state index in [0.717, 1.165) is 54.4 Å². The third kappa shape index (κ3) is 2.50. The summed E-state index contributed by atoms with van der Waals surface area (Å²) in [4.78, 5) is 8.84. The Morgan fingerprint density at radius 3 is 2.76 bits per heavy atom. The highest BCUT2D eigenvalue weighted by molar-refractivity contribution is 5.84. The van der Waals surface area contributed by atoms with Crippen LogP contribution in [-0.2, 0) is 0 Å². The molecule has 2 bridgehead atoms. The van der Waals surface area contributed by atoms with E-state index in [1.165, 1.54) is 6.33 Å². The highest BCUT2D eigenvalue weighted by Gasteiger charge is 2.53. The number of pyridine rings is 1. The molecule has 0 radical (unpaired) electrons. The first-order valence-corrected chi connectivity index (χ1v) is 9.80. The summed E-state index contributed by atoms with van der Waals surface area (Å²) in [6.07, 6.45) is 9.65. The molecule has 9 heteroatoms. The highest BCUT2D eigenvalue weighted by Crippen LogP contribution is 2.51. The molecule has 6 rings (SSSR count). The molecule has 2 fully saturated rings. The van der Waals surface area contributed by atoms with Crippen LogP contribution in [0.25, 0.3) is 22.3 Å². The second-order valence-corrected chi connectivity index (χ2v) is 8.25. The van der Waals surface area contributed by atoms with Gasteiger partial charge in [-0.25, -0.2) is 14.0 Å². The molecule has 9 nitrogen and oxygen atoms in total. The molecule has 2 N–H and O–H groups in total. The molecular weight excluding hydrogens is 370 g/mol. The zero-order valence-corrected chi connectivity index (χ0v) is 16.0. The van der Waals surface area contributed by atoms with Crippen LogP contribution in [-0.4, -0.2) is 52.6 Å². The van der Waals surface area contributed by atoms with Gasteiger partial charge in [-0.2, -0.15) is 10.1 Å². The monoisotopic (exact) mass is 391 g/mol. The smallest absolute Gasteiger partial charge is 0.244 e. The Hall–Kier alpha value is -3.20. The lowest BCUT2D eigenvalue weighted by Crippen LogP contribution is -2.34. The van der Waals surface area contributed by atoms with Gasteiger partial charge in [-0.1, -0.05) is 0 Å². The van der Waals surface area contributed by atoms with Crippen molar-refractivity contribution in [1.29, 1.82) is 0 Å². The van der Waals surface area contributed by atoms with Crippen molar-refractivity contribution in [3.05, 3.63) is 36.9 Å². The van der Waals surface area contributed by atoms with E-state index in [4.69, 9.17) is 4.74 Å². The van der Waals surface area contributed by atoms with Gasteiger partial charge in [-0.3, -0.25) is 0 Å². The van der Waals surface area contributed by atoms with E-state index in [0.29, 0.717) is 11.8 Å². The summed E-state index contributed by atoms with van der Waals surface area (Å²) >= 11 is 0. The Bertz CT molecular complexity index is 1240. The summed E-state index contributed by atoms with van der Waals surface area (Å²) in [5, 5.41) is 22.9. The molecule has 2 aliphatic rings. The molecule has 148 valence electrons. The van der Waals surface area contributed by atoms with Crippen molar-refractivity contribution in [2.24, 2.45) is 0 Å². The largest absolute Gasteiger partial charge is 0.479 e. The van der Waals surface area contributed by atoms with Gasteiger partial charge in [0.05, 0.1) is 12.7 Å². The standard InChI is InChI=1S/C20H21N7O2/c1-29-17-16-14(13-2-3-15-21-12-22-27(15)10-13)4-9-26(16)25-18(23-17)24-19-5-7-20(28,11-19)8-6-19/h2-4,9-10,12,28H,5-8,11H2,1H3,(H,24,25). The molecule has 0 atom stereocenters. The Morgan fingerprint density at radius 2 is 2.00 bits per heavy atom. The third-order valence-electron chi connectivity index (χ3n) is 6.44. The zero-order chi connectivity index (χ0) is 19.6. The number of nitrogens with zero attached hydrogens (tertiary/aromatic N) is 6. The van der Waals surface area contributed by atoms with E-state index in [9.17, 15) is 5.11 Å². The molecule has 4 aromatic heterocycles. The van der Waals surface area contributed by atoms with E-state index < -0.39 is 5.60 Å². The number of hydrogen-bond donors (Lipinski definition) is 2. The lowest BCUT2D eigenvalue weighted by molar-refractivity contribution is 0.0521. The number of anilines is 1. The molecule has 0 unspecified atom stereocenters. The van der Waals surface area contributed by atoms with Crippen molar-refractivity contribution >= 4 is 17.1 Å². The van der Waals surface area contributed by atoms with Crippen molar-refractivity contribution in [1.82, 2.24) is 29.2 Å². The van der Waals surface area contributed by atoms with Crippen molar-refractivity contribution in [3.63, 3.8) is 0 Å². The van der Waals surface area contributed by atoms with Gasteiger partial charge in [0.25, 0.3) is 0 Å². The topological polar surface area (TPSA) is 102 Å². The van der Waals surface area contributed by atoms with Gasteiger partial charge in [-0.05, 0) is 50.3 Å². The number of aromatic nitrogens is 6. The first-order chi connectivity index (χ1) is 14.1. The van der Waals surface area contributed by atoms with Gasteiger partial charge < -0.3 is 15.2 Å². The summed E-state index contributed by atoms with van der Waals surface area (Å²) in [5.41, 5.74) is 2.87. The Labute approximate surface area is 166 Å². The minimum absolute atomic E-state index is 0.123. The van der Waals surface area contributed by atoms with Gasteiger partial charge in [-0.15, -0.1) is 5.10 Å². The maximum Gasteiger partial charge on any atom is 0.244 e. The normalized spacial score (nSPS) is 25.9. The Kier molecular flexibility index (Phi) is 3.27. The molecule has 0 spiro atoms. The third-order valence-corrected chi connectivity index (χ3v) is 6.44. The minimum atomic E-state index is -0.526. The van der Waals surface area contributed by atoms with E-state index in [1.807, 2.05) is 30.6 Å². The highest BCUT2D eigenvalue weighted by atomic mass is 16.5. The summed E-state index contributed by atoms with van der Waals surface area (Å²) in [6, 6.07) is 5.92. The number of rotatable bonds is 4. The Morgan fingerprint density at radius 1 is 1.14 bits per heavy atom. The van der Waals surface area contributed by atoms with Gasteiger partial charge in [0.1, 0.15) is 11.8 Å². The molecule has 0 aliphatic heterocycles. The van der Waals surface area contributed by atoms with Crippen LogP contribution in [0.3, 0.4) is 0 Å². The number of methoxy groups -OCH3 is 1. The van der Waals surface area contributed by atoms with Gasteiger partial charge in [0.15, 0.2) is 5.65 Å². The van der Waals surface area contributed by atoms with Crippen LogP contribution in [0.4, 0.5) is 5.95 Å². The fourth-order valence-electron chi connectivity index (χ4n) is 4.98. The van der Waals surface area contributed by atoms with Crippen LogP contribution in [0.2, 0.25) is 0 Å². The quantitative estimate of drug-likeness (QED) is 0.550. The Balaban J connectivity index is 1.42. The van der Waals surface area contributed by atoms with Crippen molar-refractivity contribution in [2.45, 2.75) is 43.2 Å². The predicted molar refractivity (Wildman–Crippen MR) is 106 cm³/mol. The maximum atomic E-state index is 10.5. The number of aliphatic hydroxyl groups is 1. The average Bonchev–Trinajstić information content (AvgIpc) is 3.48. The van der Waals surface area contributed by atoms with Crippen LogP contribution in [0.1, 0.15) is 32.1 Å². The number of ether oxygens (including phenoxy) is 1. The van der Waals surface area contributed by atoms with Crippen molar-refractivity contribution in [3.8, 4) is 17.0 Å². The van der Waals surface area contributed by atoms with Gasteiger partial charge in [0.2, 0.25) is 11.8 Å². The summed E-state index contributed by atoms with van der Waals surface area (Å²) < 4.78 is 9.16. The minimum Gasteiger partial charge on any atom is -0.479 e. The maximum absolute atomic E-state index is 10.5. The number of nitrogens with one attached hydrogen (secondary N) is 1. The average molecular weight is 391 g/mol. The van der Waals surface area contributed by atoms with Crippen LogP contribution in [0, 0.1) is 0 Å². The van der Waals surface area contributed by atoms with Gasteiger partial charge in [0, 0.05) is 29.1 Å². The molecule has 29 heavy (non-hydrogen) atoms. The summed E-state index contributed by atoms with van der Waals surface area (Å²) in [7, 11) is 1.62. The predicted octanol–water partition coefficient (Wildman–Crippen LogP) is 2.31. The fraction of sp³-hybridized carbons (Fsp3) is 0.400. The van der Waals surface area contributed by atoms with Gasteiger partial charge >= 0.3 is 0 Å². The van der Waals surface area contributed by atoms with Crippen LogP contribution < -0.4 is 10.1 Å². The summed E-state index contributed by atoms with van der Waals surface area (Å²) in [6.45, 7) is 0. The zero-order valence-electron chi connectivity index (χ0n) is 16.0. The molecule has 4 aromatic rings. The van der Waals surface area contributed by atoms with Crippen molar-refractivity contribution < 1.29 is 9.84 Å². The van der Waals surface area contributed by atoms with E-state index in [2.05, 4.69) is 25.5 Å². The molecule has 0 saturated heterocycles. The van der Waals surface area contributed by atoms with E-state index in [-0.39, 0.29) is 5.54 Å². The molecule has 2 aliphatic carbocycles. The SMILES string of the molecule is COc1nc(NC23CCC(O)(CC2)C3)nn2ccc(-c3ccc4ncnn4c3)c12. The lowest BCUT2D eigenvalue weighted by Gasteiger charge is -2.27. The van der Waals surface area contributed by atoms with E-state index >= 15 is 0 Å². The molecule has 0 amide bonds. The van der Waals surface area contributed by atoms with Crippen molar-refractivity contribution in [2.75, 3.05) is 12.4 Å². The second-order valence-electron chi connectivity index (χ2n) is 8.25. The second kappa shape index (κ2) is 5.66. The van der Waals surface area contributed by atoms with E-state index in [1.54, 1.807) is 16.1 Å². The molecule has 4 heterocycles. The van der Waals surface area contributed by atoms with Crippen LogP contribution >= 0.6 is 0 Å². The molecule has 2 saturated carbocycles. The number of hydrogen-bond acceptors (Lipinski definition) is 7. The first kappa shape index (κ1) is 16.7. The molecular formula is C20H21N7O2. The van der Waals surface area contributed by atoms with Crippen LogP contribution in [0.5, 0.6) is 5.88 Å². The summed E-state index contributed by atoms with van der Waals surface area (Å²) in [5.74, 6) is 1.03. The van der Waals surface area contributed by atoms with Crippen LogP contribution in [0.15, 0.2) is 36.9 Å². The fourth-order valence-corrected chi connectivity index (χ4v) is 4.98. The number of fused-ring (bicyclic) bond motifs is 4.